The van der Waals surface area contributed by atoms with Gasteiger partial charge in [0, 0.05) is 32.6 Å². The Morgan fingerprint density at radius 2 is 1.02 bits per heavy atom. The molecule has 206 valence electrons. The fourth-order valence-corrected chi connectivity index (χ4v) is 6.86. The Kier molecular flexibility index (Phi) is 5.00. The van der Waals surface area contributed by atoms with Gasteiger partial charge in [0.2, 0.25) is 0 Å². The number of fused-ring (bicyclic) bond motifs is 9. The maximum Gasteiger partial charge on any atom is 0.137 e. The number of aromatic nitrogens is 2. The highest BCUT2D eigenvalue weighted by molar-refractivity contribution is 6.15. The molecule has 9 rings (SSSR count). The molecule has 0 saturated heterocycles. The van der Waals surface area contributed by atoms with Crippen LogP contribution in [0.15, 0.2) is 120 Å². The van der Waals surface area contributed by atoms with Crippen LogP contribution in [0.1, 0.15) is 16.7 Å². The van der Waals surface area contributed by atoms with Crippen molar-refractivity contribution in [2.75, 3.05) is 0 Å². The molecule has 6 heteroatoms. The van der Waals surface area contributed by atoms with Gasteiger partial charge in [0.25, 0.3) is 0 Å². The van der Waals surface area contributed by atoms with Gasteiger partial charge in [-0.1, -0.05) is 24.3 Å². The largest absolute Gasteiger partial charge is 0.456 e. The molecule has 3 aromatic heterocycles. The van der Waals surface area contributed by atoms with Crippen molar-refractivity contribution in [2.45, 2.75) is 0 Å². The van der Waals surface area contributed by atoms with Gasteiger partial charge >= 0.3 is 0 Å². The molecule has 0 atom stereocenters. The molecular formula is C39H19N5O. The van der Waals surface area contributed by atoms with Crippen molar-refractivity contribution in [1.29, 1.82) is 15.8 Å². The van der Waals surface area contributed by atoms with E-state index in [9.17, 15) is 15.8 Å². The van der Waals surface area contributed by atoms with Crippen LogP contribution in [-0.2, 0) is 0 Å². The molecule has 6 aromatic carbocycles. The molecule has 3 heterocycles. The molecule has 0 saturated carbocycles. The molecule has 0 aliphatic rings. The van der Waals surface area contributed by atoms with E-state index in [-0.39, 0.29) is 0 Å². The van der Waals surface area contributed by atoms with Crippen LogP contribution in [0.4, 0.5) is 0 Å². The van der Waals surface area contributed by atoms with Crippen molar-refractivity contribution in [3.63, 3.8) is 0 Å². The van der Waals surface area contributed by atoms with Gasteiger partial charge in [-0.3, -0.25) is 0 Å². The lowest BCUT2D eigenvalue weighted by Crippen LogP contribution is -1.95. The first-order chi connectivity index (χ1) is 22.2. The van der Waals surface area contributed by atoms with E-state index in [1.54, 1.807) is 0 Å². The molecule has 0 aliphatic carbocycles. The smallest absolute Gasteiger partial charge is 0.137 e. The van der Waals surface area contributed by atoms with Gasteiger partial charge in [-0.2, -0.15) is 15.8 Å². The average molecular weight is 574 g/mol. The minimum atomic E-state index is 0.567. The summed E-state index contributed by atoms with van der Waals surface area (Å²) in [4.78, 5) is 0. The summed E-state index contributed by atoms with van der Waals surface area (Å²) in [5.41, 5.74) is 9.18. The van der Waals surface area contributed by atoms with Gasteiger partial charge in [-0.25, -0.2) is 0 Å². The Hall–Kier alpha value is -6.81. The monoisotopic (exact) mass is 573 g/mol. The van der Waals surface area contributed by atoms with E-state index in [1.807, 2.05) is 91.0 Å². The summed E-state index contributed by atoms with van der Waals surface area (Å²) in [6.07, 6.45) is 0. The van der Waals surface area contributed by atoms with Gasteiger partial charge < -0.3 is 13.6 Å². The van der Waals surface area contributed by atoms with Crippen molar-refractivity contribution in [1.82, 2.24) is 9.13 Å². The molecule has 45 heavy (non-hydrogen) atoms. The molecule has 0 spiro atoms. The van der Waals surface area contributed by atoms with E-state index in [2.05, 4.69) is 51.6 Å². The second kappa shape index (κ2) is 9.09. The van der Waals surface area contributed by atoms with Gasteiger partial charge in [-0.15, -0.1) is 0 Å². The predicted octanol–water partition coefficient (Wildman–Crippen LogP) is 9.40. The summed E-state index contributed by atoms with van der Waals surface area (Å²) in [5, 5.41) is 34.7. The van der Waals surface area contributed by atoms with Crippen LogP contribution in [0.5, 0.6) is 0 Å². The van der Waals surface area contributed by atoms with E-state index >= 15 is 0 Å². The summed E-state index contributed by atoms with van der Waals surface area (Å²) in [6.45, 7) is 0. The van der Waals surface area contributed by atoms with Crippen LogP contribution in [0, 0.1) is 34.0 Å². The number of furan rings is 1. The lowest BCUT2D eigenvalue weighted by molar-refractivity contribution is 0.669. The summed E-state index contributed by atoms with van der Waals surface area (Å²) >= 11 is 0. The standard InChI is InChI=1S/C39H19N5O/c40-20-23-10-14-35-28(16-23)27-4-1-2-5-32(27)44(35)36-6-3-7-38-39(36)31-19-26(11-15-37(31)45-38)43-33-12-8-24(21-41)17-29(33)30-18-25(22-42)9-13-34(30)43/h1-19H. The van der Waals surface area contributed by atoms with E-state index in [0.717, 1.165) is 76.9 Å². The highest BCUT2D eigenvalue weighted by Gasteiger charge is 2.20. The molecule has 0 bridgehead atoms. The highest BCUT2D eigenvalue weighted by Crippen LogP contribution is 2.40. The van der Waals surface area contributed by atoms with Crippen LogP contribution in [0.3, 0.4) is 0 Å². The zero-order valence-electron chi connectivity index (χ0n) is 23.6. The molecule has 0 N–H and O–H groups in total. The molecule has 6 nitrogen and oxygen atoms in total. The normalized spacial score (nSPS) is 11.5. The SMILES string of the molecule is N#Cc1ccc2c(c1)c1cc(C#N)ccc1n2-c1ccc2oc3cccc(-n4c5ccccc5c5cc(C#N)ccc54)c3c2c1. The molecule has 0 unspecified atom stereocenters. The molecule has 0 radical (unpaired) electrons. The van der Waals surface area contributed by atoms with Crippen molar-refractivity contribution in [3.8, 4) is 29.6 Å². The minimum absolute atomic E-state index is 0.567. The number of para-hydroxylation sites is 1. The van der Waals surface area contributed by atoms with Crippen molar-refractivity contribution in [2.24, 2.45) is 0 Å². The van der Waals surface area contributed by atoms with E-state index < -0.39 is 0 Å². The van der Waals surface area contributed by atoms with Crippen LogP contribution in [-0.4, -0.2) is 9.13 Å². The Morgan fingerprint density at radius 3 is 1.67 bits per heavy atom. The van der Waals surface area contributed by atoms with Gasteiger partial charge in [0.05, 0.1) is 68.0 Å². The third-order valence-electron chi connectivity index (χ3n) is 8.78. The van der Waals surface area contributed by atoms with Crippen molar-refractivity contribution < 1.29 is 4.42 Å². The minimum Gasteiger partial charge on any atom is -0.456 e. The number of rotatable bonds is 2. The first-order valence-electron chi connectivity index (χ1n) is 14.4. The highest BCUT2D eigenvalue weighted by atomic mass is 16.3. The maximum absolute atomic E-state index is 9.62. The van der Waals surface area contributed by atoms with Crippen LogP contribution in [0.2, 0.25) is 0 Å². The first kappa shape index (κ1) is 24.8. The Balaban J connectivity index is 1.37. The third-order valence-corrected chi connectivity index (χ3v) is 8.78. The van der Waals surface area contributed by atoms with Gasteiger partial charge in [0.1, 0.15) is 11.2 Å². The molecule has 0 fully saturated rings. The fourth-order valence-electron chi connectivity index (χ4n) is 6.86. The Labute approximate surface area is 256 Å². The van der Waals surface area contributed by atoms with E-state index in [0.29, 0.717) is 16.7 Å². The lowest BCUT2D eigenvalue weighted by Gasteiger charge is -2.11. The van der Waals surface area contributed by atoms with Gasteiger partial charge in [0.15, 0.2) is 0 Å². The quantitative estimate of drug-likeness (QED) is 0.206. The lowest BCUT2D eigenvalue weighted by atomic mass is 10.1. The average Bonchev–Trinajstić information content (AvgIpc) is 3.74. The summed E-state index contributed by atoms with van der Waals surface area (Å²) in [6, 6.07) is 44.6. The van der Waals surface area contributed by atoms with Crippen LogP contribution < -0.4 is 0 Å². The Bertz CT molecular complexity index is 2790. The zero-order chi connectivity index (χ0) is 30.2. The molecular weight excluding hydrogens is 554 g/mol. The summed E-state index contributed by atoms with van der Waals surface area (Å²) < 4.78 is 10.9. The summed E-state index contributed by atoms with van der Waals surface area (Å²) in [7, 11) is 0. The number of hydrogen-bond acceptors (Lipinski definition) is 4. The predicted molar refractivity (Wildman–Crippen MR) is 177 cm³/mol. The fraction of sp³-hybridized carbons (Fsp3) is 0. The number of hydrogen-bond donors (Lipinski definition) is 0. The molecule has 9 aromatic rings. The number of nitrogens with zero attached hydrogens (tertiary/aromatic N) is 5. The second-order valence-electron chi connectivity index (χ2n) is 11.2. The number of benzene rings is 6. The van der Waals surface area contributed by atoms with Crippen molar-refractivity contribution in [3.05, 3.63) is 132 Å². The first-order valence-corrected chi connectivity index (χ1v) is 14.4. The molecule has 0 amide bonds. The van der Waals surface area contributed by atoms with E-state index in [1.165, 1.54) is 0 Å². The Morgan fingerprint density at radius 1 is 0.444 bits per heavy atom. The molecule has 0 aliphatic heterocycles. The van der Waals surface area contributed by atoms with Crippen LogP contribution in [0.25, 0.3) is 76.9 Å². The van der Waals surface area contributed by atoms with Crippen LogP contribution >= 0.6 is 0 Å². The zero-order valence-corrected chi connectivity index (χ0v) is 23.6. The van der Waals surface area contributed by atoms with E-state index in [4.69, 9.17) is 4.42 Å². The topological polar surface area (TPSA) is 94.4 Å². The van der Waals surface area contributed by atoms with Crippen molar-refractivity contribution >= 4 is 65.6 Å². The number of nitriles is 3. The third kappa shape index (κ3) is 3.41. The maximum atomic E-state index is 9.62. The second-order valence-corrected chi connectivity index (χ2v) is 11.2. The van der Waals surface area contributed by atoms with Gasteiger partial charge in [-0.05, 0) is 91.0 Å². The summed E-state index contributed by atoms with van der Waals surface area (Å²) in [5.74, 6) is 0.